The van der Waals surface area contributed by atoms with E-state index in [0.29, 0.717) is 0 Å². The SMILES string of the molecule is c1ccc(N(c2ccc(-c3ccccc3-c3ccccc3-c3ccc4c(c3)c3ccccc3n4-c3ccccc3)cc2)c2ccc3c(c2)C(c2ccccc2)(c2ccccc2)c2ccccc2-3)cc1. The number of hydrogen-bond acceptors (Lipinski definition) is 1. The predicted octanol–water partition coefficient (Wildman–Crippen LogP) is 17.6. The van der Waals surface area contributed by atoms with Gasteiger partial charge in [0.15, 0.2) is 0 Å². The highest BCUT2D eigenvalue weighted by atomic mass is 15.1. The fourth-order valence-electron chi connectivity index (χ4n) is 11.3. The molecule has 11 aromatic carbocycles. The van der Waals surface area contributed by atoms with Gasteiger partial charge in [-0.2, -0.15) is 0 Å². The van der Waals surface area contributed by atoms with Gasteiger partial charge in [-0.15, -0.1) is 0 Å². The molecule has 69 heavy (non-hydrogen) atoms. The van der Waals surface area contributed by atoms with E-state index in [2.05, 4.69) is 289 Å². The van der Waals surface area contributed by atoms with Crippen LogP contribution in [0.25, 0.3) is 72.0 Å². The Morgan fingerprint density at radius 1 is 0.275 bits per heavy atom. The summed E-state index contributed by atoms with van der Waals surface area (Å²) in [5.41, 5.74) is 21.2. The predicted molar refractivity (Wildman–Crippen MR) is 289 cm³/mol. The Labute approximate surface area is 403 Å². The highest BCUT2D eigenvalue weighted by Crippen LogP contribution is 2.57. The molecule has 324 valence electrons. The zero-order valence-electron chi connectivity index (χ0n) is 38.0. The Morgan fingerprint density at radius 3 is 1.41 bits per heavy atom. The molecule has 0 saturated carbocycles. The molecule has 0 radical (unpaired) electrons. The Morgan fingerprint density at radius 2 is 0.739 bits per heavy atom. The molecule has 1 aliphatic carbocycles. The zero-order chi connectivity index (χ0) is 45.7. The van der Waals surface area contributed by atoms with Gasteiger partial charge in [0.2, 0.25) is 0 Å². The van der Waals surface area contributed by atoms with Gasteiger partial charge in [-0.25, -0.2) is 0 Å². The first-order chi connectivity index (χ1) is 34.3. The largest absolute Gasteiger partial charge is 0.310 e. The van der Waals surface area contributed by atoms with Crippen molar-refractivity contribution in [2.45, 2.75) is 5.41 Å². The number of aromatic nitrogens is 1. The molecule has 0 N–H and O–H groups in total. The van der Waals surface area contributed by atoms with E-state index in [0.717, 1.165) is 28.3 Å². The molecule has 0 bridgehead atoms. The molecule has 2 nitrogen and oxygen atoms in total. The summed E-state index contributed by atoms with van der Waals surface area (Å²) < 4.78 is 2.38. The van der Waals surface area contributed by atoms with Crippen molar-refractivity contribution >= 4 is 38.9 Å². The molecule has 2 heteroatoms. The van der Waals surface area contributed by atoms with Crippen LogP contribution in [0.15, 0.2) is 279 Å². The summed E-state index contributed by atoms with van der Waals surface area (Å²) >= 11 is 0. The average Bonchev–Trinajstić information content (AvgIpc) is 3.92. The Balaban J connectivity index is 0.916. The summed E-state index contributed by atoms with van der Waals surface area (Å²) in [7, 11) is 0. The van der Waals surface area contributed by atoms with E-state index < -0.39 is 5.41 Å². The standard InChI is InChI=1S/C67H46N2/c1-5-21-49(22-6-1)67(50-23-7-2-8-24-50)63-35-19-17-33-59(63)60-43-42-54(46-64(60)67)68(51-25-9-3-10-26-51)53-40-37-47(38-41-53)55-29-13-15-31-57(55)58-32-16-14-30-56(58)48-39-44-66-62(45-48)61-34-18-20-36-65(61)69(66)52-27-11-4-12-28-52/h1-46H. The van der Waals surface area contributed by atoms with Gasteiger partial charge in [0.05, 0.1) is 16.4 Å². The molecule has 0 fully saturated rings. The van der Waals surface area contributed by atoms with Gasteiger partial charge in [0, 0.05) is 33.5 Å². The number of rotatable bonds is 9. The van der Waals surface area contributed by atoms with Crippen LogP contribution >= 0.6 is 0 Å². The van der Waals surface area contributed by atoms with Crippen LogP contribution in [0, 0.1) is 0 Å². The number of nitrogens with zero attached hydrogens (tertiary/aromatic N) is 2. The molecular formula is C67H46N2. The Kier molecular flexibility index (Phi) is 9.77. The molecule has 1 heterocycles. The normalized spacial score (nSPS) is 12.5. The quantitative estimate of drug-likeness (QED) is 0.140. The maximum Gasteiger partial charge on any atom is 0.0714 e. The van der Waals surface area contributed by atoms with Crippen LogP contribution in [0.3, 0.4) is 0 Å². The van der Waals surface area contributed by atoms with Gasteiger partial charge in [0.1, 0.15) is 0 Å². The fourth-order valence-corrected chi connectivity index (χ4v) is 11.3. The maximum atomic E-state index is 2.44. The van der Waals surface area contributed by atoms with Crippen molar-refractivity contribution in [3.05, 3.63) is 301 Å². The second kappa shape index (κ2) is 16.7. The highest BCUT2D eigenvalue weighted by Gasteiger charge is 2.46. The zero-order valence-corrected chi connectivity index (χ0v) is 38.0. The highest BCUT2D eigenvalue weighted by molar-refractivity contribution is 6.11. The molecule has 0 amide bonds. The molecular weight excluding hydrogens is 833 g/mol. The molecule has 12 aromatic rings. The van der Waals surface area contributed by atoms with Crippen molar-refractivity contribution in [2.24, 2.45) is 0 Å². The Hall–Kier alpha value is -8.98. The number of fused-ring (bicyclic) bond motifs is 6. The first kappa shape index (κ1) is 40.3. The van der Waals surface area contributed by atoms with E-state index in [1.54, 1.807) is 0 Å². The molecule has 0 spiro atoms. The lowest BCUT2D eigenvalue weighted by molar-refractivity contribution is 0.768. The van der Waals surface area contributed by atoms with Crippen molar-refractivity contribution in [2.75, 3.05) is 4.90 Å². The monoisotopic (exact) mass is 878 g/mol. The van der Waals surface area contributed by atoms with Crippen LogP contribution in [-0.4, -0.2) is 4.57 Å². The molecule has 1 aromatic heterocycles. The van der Waals surface area contributed by atoms with E-state index in [9.17, 15) is 0 Å². The minimum Gasteiger partial charge on any atom is -0.310 e. The van der Waals surface area contributed by atoms with Crippen LogP contribution < -0.4 is 4.90 Å². The number of benzene rings is 11. The molecule has 13 rings (SSSR count). The van der Waals surface area contributed by atoms with Crippen molar-refractivity contribution in [3.63, 3.8) is 0 Å². The van der Waals surface area contributed by atoms with Gasteiger partial charge in [-0.05, 0) is 133 Å². The molecule has 0 aliphatic heterocycles. The van der Waals surface area contributed by atoms with Gasteiger partial charge >= 0.3 is 0 Å². The minimum atomic E-state index is -0.497. The molecule has 0 saturated heterocycles. The van der Waals surface area contributed by atoms with Gasteiger partial charge in [-0.3, -0.25) is 0 Å². The van der Waals surface area contributed by atoms with Crippen molar-refractivity contribution < 1.29 is 0 Å². The van der Waals surface area contributed by atoms with Gasteiger partial charge in [-0.1, -0.05) is 212 Å². The summed E-state index contributed by atoms with van der Waals surface area (Å²) in [6.45, 7) is 0. The molecule has 1 aliphatic rings. The third-order valence-corrected chi connectivity index (χ3v) is 14.3. The van der Waals surface area contributed by atoms with Crippen LogP contribution in [0.5, 0.6) is 0 Å². The van der Waals surface area contributed by atoms with E-state index in [4.69, 9.17) is 0 Å². The first-order valence-electron chi connectivity index (χ1n) is 23.8. The topological polar surface area (TPSA) is 8.17 Å². The van der Waals surface area contributed by atoms with E-state index >= 15 is 0 Å². The van der Waals surface area contributed by atoms with E-state index in [1.165, 1.54) is 83.0 Å². The average molecular weight is 879 g/mol. The van der Waals surface area contributed by atoms with Crippen LogP contribution in [0.2, 0.25) is 0 Å². The van der Waals surface area contributed by atoms with Crippen LogP contribution in [0.1, 0.15) is 22.3 Å². The third kappa shape index (κ3) is 6.56. The van der Waals surface area contributed by atoms with Crippen LogP contribution in [0.4, 0.5) is 17.1 Å². The first-order valence-corrected chi connectivity index (χ1v) is 23.8. The fraction of sp³-hybridized carbons (Fsp3) is 0.0149. The lowest BCUT2D eigenvalue weighted by Crippen LogP contribution is -2.28. The van der Waals surface area contributed by atoms with E-state index in [-0.39, 0.29) is 0 Å². The van der Waals surface area contributed by atoms with Crippen molar-refractivity contribution in [1.82, 2.24) is 4.57 Å². The lowest BCUT2D eigenvalue weighted by atomic mass is 9.67. The minimum absolute atomic E-state index is 0.497. The lowest BCUT2D eigenvalue weighted by Gasteiger charge is -2.35. The summed E-state index contributed by atoms with van der Waals surface area (Å²) in [5.74, 6) is 0. The van der Waals surface area contributed by atoms with Crippen molar-refractivity contribution in [1.29, 1.82) is 0 Å². The van der Waals surface area contributed by atoms with Gasteiger partial charge < -0.3 is 9.47 Å². The van der Waals surface area contributed by atoms with Gasteiger partial charge in [0.25, 0.3) is 0 Å². The summed E-state index contributed by atoms with van der Waals surface area (Å²) in [4.78, 5) is 2.40. The summed E-state index contributed by atoms with van der Waals surface area (Å²) in [5, 5.41) is 2.49. The maximum absolute atomic E-state index is 2.44. The van der Waals surface area contributed by atoms with Crippen molar-refractivity contribution in [3.8, 4) is 50.2 Å². The molecule has 0 unspecified atom stereocenters. The van der Waals surface area contributed by atoms with Crippen LogP contribution in [-0.2, 0) is 5.41 Å². The smallest absolute Gasteiger partial charge is 0.0714 e. The second-order valence-corrected chi connectivity index (χ2v) is 18.0. The number of para-hydroxylation sites is 3. The summed E-state index contributed by atoms with van der Waals surface area (Å²) in [6, 6.07) is 102. The number of hydrogen-bond donors (Lipinski definition) is 0. The summed E-state index contributed by atoms with van der Waals surface area (Å²) in [6.07, 6.45) is 0. The molecule has 0 atom stereocenters. The van der Waals surface area contributed by atoms with E-state index in [1.807, 2.05) is 0 Å². The second-order valence-electron chi connectivity index (χ2n) is 18.0. The third-order valence-electron chi connectivity index (χ3n) is 14.3. The Bertz CT molecular complexity index is 3780. The number of anilines is 3.